The minimum atomic E-state index is -0.873. The molecule has 20 heavy (non-hydrogen) atoms. The van der Waals surface area contributed by atoms with Crippen molar-refractivity contribution in [3.63, 3.8) is 0 Å². The van der Waals surface area contributed by atoms with E-state index in [0.717, 1.165) is 6.42 Å². The van der Waals surface area contributed by atoms with Gasteiger partial charge in [-0.15, -0.1) is 0 Å². The van der Waals surface area contributed by atoms with E-state index in [-0.39, 0.29) is 18.0 Å². The van der Waals surface area contributed by atoms with Gasteiger partial charge in [0.1, 0.15) is 0 Å². The number of nitrogens with zero attached hydrogens (tertiary/aromatic N) is 1. The monoisotopic (exact) mass is 288 g/mol. The van der Waals surface area contributed by atoms with Crippen molar-refractivity contribution < 1.29 is 19.4 Å². The fourth-order valence-electron chi connectivity index (χ4n) is 1.88. The van der Waals surface area contributed by atoms with E-state index >= 15 is 0 Å². The molecule has 0 saturated heterocycles. The molecule has 0 fully saturated rings. The average Bonchev–Trinajstić information content (AvgIpc) is 2.32. The molecule has 0 rings (SSSR count). The predicted molar refractivity (Wildman–Crippen MR) is 77.7 cm³/mol. The van der Waals surface area contributed by atoms with E-state index in [4.69, 9.17) is 4.74 Å². The Kier molecular flexibility index (Phi) is 8.22. The van der Waals surface area contributed by atoms with E-state index in [1.54, 1.807) is 14.2 Å². The van der Waals surface area contributed by atoms with Crippen LogP contribution < -0.4 is 5.32 Å². The lowest BCUT2D eigenvalue weighted by molar-refractivity contribution is -0.142. The maximum Gasteiger partial charge on any atom is 0.317 e. The van der Waals surface area contributed by atoms with Gasteiger partial charge in [-0.3, -0.25) is 4.79 Å². The molecule has 1 atom stereocenters. The normalized spacial score (nSPS) is 12.8. The first-order valence-electron chi connectivity index (χ1n) is 6.88. The number of hydrogen-bond donors (Lipinski definition) is 2. The highest BCUT2D eigenvalue weighted by atomic mass is 16.5. The number of carboxylic acids is 1. The van der Waals surface area contributed by atoms with E-state index in [1.165, 1.54) is 4.90 Å². The Labute approximate surface area is 121 Å². The van der Waals surface area contributed by atoms with Crippen LogP contribution >= 0.6 is 0 Å². The number of aliphatic carboxylic acids is 1. The summed E-state index contributed by atoms with van der Waals surface area (Å²) < 4.78 is 4.92. The molecule has 0 bridgehead atoms. The minimum Gasteiger partial charge on any atom is -0.481 e. The van der Waals surface area contributed by atoms with Crippen molar-refractivity contribution in [3.8, 4) is 0 Å². The molecule has 0 aromatic heterocycles. The van der Waals surface area contributed by atoms with Gasteiger partial charge in [-0.05, 0) is 18.3 Å². The summed E-state index contributed by atoms with van der Waals surface area (Å²) in [7, 11) is 3.30. The minimum absolute atomic E-state index is 0.0852. The molecule has 0 aromatic rings. The molecule has 0 spiro atoms. The van der Waals surface area contributed by atoms with Crippen LogP contribution in [-0.4, -0.2) is 55.9 Å². The highest BCUT2D eigenvalue weighted by Gasteiger charge is 2.25. The number of rotatable bonds is 8. The molecule has 6 heteroatoms. The van der Waals surface area contributed by atoms with Gasteiger partial charge in [-0.2, -0.15) is 0 Å². The summed E-state index contributed by atoms with van der Waals surface area (Å²) in [6, 6.07) is -0.249. The smallest absolute Gasteiger partial charge is 0.317 e. The van der Waals surface area contributed by atoms with Crippen LogP contribution in [0.25, 0.3) is 0 Å². The van der Waals surface area contributed by atoms with Crippen LogP contribution in [0.3, 0.4) is 0 Å². The molecule has 0 aliphatic carbocycles. The predicted octanol–water partition coefficient (Wildman–Crippen LogP) is 1.80. The second-order valence-corrected chi connectivity index (χ2v) is 6.25. The lowest BCUT2D eigenvalue weighted by Gasteiger charge is -2.24. The van der Waals surface area contributed by atoms with Gasteiger partial charge in [0.2, 0.25) is 0 Å². The summed E-state index contributed by atoms with van der Waals surface area (Å²) in [5.41, 5.74) is -0.0852. The third kappa shape index (κ3) is 8.74. The van der Waals surface area contributed by atoms with Crippen LogP contribution in [0.2, 0.25) is 0 Å². The topological polar surface area (TPSA) is 78.9 Å². The van der Waals surface area contributed by atoms with E-state index in [9.17, 15) is 14.7 Å². The van der Waals surface area contributed by atoms with Crippen LogP contribution in [0.15, 0.2) is 0 Å². The first-order valence-corrected chi connectivity index (χ1v) is 6.88. The van der Waals surface area contributed by atoms with Gasteiger partial charge in [0, 0.05) is 33.9 Å². The Morgan fingerprint density at radius 1 is 1.35 bits per heavy atom. The second kappa shape index (κ2) is 8.79. The number of hydrogen-bond acceptors (Lipinski definition) is 3. The summed E-state index contributed by atoms with van der Waals surface area (Å²) >= 11 is 0. The molecule has 1 unspecified atom stereocenters. The summed E-state index contributed by atoms with van der Waals surface area (Å²) in [5, 5.41) is 11.9. The van der Waals surface area contributed by atoms with Crippen LogP contribution in [0.5, 0.6) is 0 Å². The van der Waals surface area contributed by atoms with Gasteiger partial charge >= 0.3 is 12.0 Å². The number of ether oxygens (including phenoxy) is 1. The maximum atomic E-state index is 11.8. The first kappa shape index (κ1) is 18.7. The molecule has 0 saturated carbocycles. The lowest BCUT2D eigenvalue weighted by Crippen LogP contribution is -2.42. The van der Waals surface area contributed by atoms with Crippen LogP contribution in [0.4, 0.5) is 4.79 Å². The average molecular weight is 288 g/mol. The summed E-state index contributed by atoms with van der Waals surface area (Å²) in [6.07, 6.45) is 1.28. The van der Waals surface area contributed by atoms with E-state index < -0.39 is 11.9 Å². The van der Waals surface area contributed by atoms with Crippen molar-refractivity contribution in [2.24, 2.45) is 11.3 Å². The number of amides is 2. The molecule has 2 N–H and O–H groups in total. The van der Waals surface area contributed by atoms with Crippen molar-refractivity contribution in [1.29, 1.82) is 0 Å². The number of carboxylic acid groups (broad SMARTS) is 1. The van der Waals surface area contributed by atoms with Crippen LogP contribution in [-0.2, 0) is 9.53 Å². The molecule has 0 heterocycles. The van der Waals surface area contributed by atoms with Crippen molar-refractivity contribution in [1.82, 2.24) is 10.2 Å². The summed E-state index contributed by atoms with van der Waals surface area (Å²) in [6.45, 7) is 7.29. The van der Waals surface area contributed by atoms with Gasteiger partial charge < -0.3 is 20.1 Å². The Morgan fingerprint density at radius 3 is 2.40 bits per heavy atom. The number of carbonyl (C=O) groups excluding carboxylic acids is 1. The zero-order chi connectivity index (χ0) is 15.8. The fourth-order valence-corrected chi connectivity index (χ4v) is 1.88. The Hall–Kier alpha value is -1.30. The van der Waals surface area contributed by atoms with E-state index in [2.05, 4.69) is 5.32 Å². The highest BCUT2D eigenvalue weighted by Crippen LogP contribution is 2.24. The van der Waals surface area contributed by atoms with Crippen LogP contribution in [0, 0.1) is 11.3 Å². The second-order valence-electron chi connectivity index (χ2n) is 6.25. The van der Waals surface area contributed by atoms with Crippen molar-refractivity contribution in [2.75, 3.05) is 33.9 Å². The van der Waals surface area contributed by atoms with Gasteiger partial charge in [-0.1, -0.05) is 20.8 Å². The van der Waals surface area contributed by atoms with Crippen molar-refractivity contribution in [2.45, 2.75) is 33.6 Å². The molecule has 118 valence electrons. The Morgan fingerprint density at radius 2 is 1.95 bits per heavy atom. The molecule has 6 nitrogen and oxygen atoms in total. The third-order valence-electron chi connectivity index (χ3n) is 2.90. The molecule has 0 aliphatic rings. The third-order valence-corrected chi connectivity index (χ3v) is 2.90. The van der Waals surface area contributed by atoms with E-state index in [1.807, 2.05) is 20.8 Å². The molecule has 2 amide bonds. The zero-order valence-electron chi connectivity index (χ0n) is 13.2. The van der Waals surface area contributed by atoms with E-state index in [0.29, 0.717) is 19.6 Å². The standard InChI is InChI=1S/C14H28N2O4/c1-14(2,3)9-11(12(17)18)10-15-13(19)16(4)7-6-8-20-5/h11H,6-10H2,1-5H3,(H,15,19)(H,17,18). The molecule has 0 aromatic carbocycles. The number of methoxy groups -OCH3 is 1. The highest BCUT2D eigenvalue weighted by molar-refractivity contribution is 5.75. The van der Waals surface area contributed by atoms with Gasteiger partial charge in [0.15, 0.2) is 0 Å². The Bertz CT molecular complexity index is 313. The Balaban J connectivity index is 4.20. The number of urea groups is 1. The number of nitrogens with one attached hydrogen (secondary N) is 1. The first-order chi connectivity index (χ1) is 9.17. The maximum absolute atomic E-state index is 11.8. The number of carbonyl (C=O) groups is 2. The largest absolute Gasteiger partial charge is 0.481 e. The van der Waals surface area contributed by atoms with Gasteiger partial charge in [0.05, 0.1) is 5.92 Å². The zero-order valence-corrected chi connectivity index (χ0v) is 13.2. The van der Waals surface area contributed by atoms with Crippen molar-refractivity contribution in [3.05, 3.63) is 0 Å². The van der Waals surface area contributed by atoms with Gasteiger partial charge in [0.25, 0.3) is 0 Å². The van der Waals surface area contributed by atoms with Crippen LogP contribution in [0.1, 0.15) is 33.6 Å². The lowest BCUT2D eigenvalue weighted by atomic mass is 9.84. The molecule has 0 aliphatic heterocycles. The quantitative estimate of drug-likeness (QED) is 0.668. The fraction of sp³-hybridized carbons (Fsp3) is 0.857. The van der Waals surface area contributed by atoms with Crippen molar-refractivity contribution >= 4 is 12.0 Å². The SMILES string of the molecule is COCCCN(C)C(=O)NCC(CC(C)(C)C)C(=O)O. The molecular weight excluding hydrogens is 260 g/mol. The van der Waals surface area contributed by atoms with Gasteiger partial charge in [-0.25, -0.2) is 4.79 Å². The summed E-state index contributed by atoms with van der Waals surface area (Å²) in [4.78, 5) is 24.5. The summed E-state index contributed by atoms with van der Waals surface area (Å²) in [5.74, 6) is -1.44. The molecular formula is C14H28N2O4. The molecule has 0 radical (unpaired) electrons.